The minimum absolute atomic E-state index is 0.398. The summed E-state index contributed by atoms with van der Waals surface area (Å²) in [7, 11) is 1.67. The van der Waals surface area contributed by atoms with Gasteiger partial charge in [-0.3, -0.25) is 0 Å². The quantitative estimate of drug-likeness (QED) is 0.775. The summed E-state index contributed by atoms with van der Waals surface area (Å²) in [5.74, 6) is 0.883. The average molecular weight is 264 g/mol. The molecule has 4 heteroatoms. The first-order valence-corrected chi connectivity index (χ1v) is 7.02. The summed E-state index contributed by atoms with van der Waals surface area (Å²) in [5, 5.41) is 3.56. The van der Waals surface area contributed by atoms with Crippen molar-refractivity contribution in [1.82, 2.24) is 0 Å². The van der Waals surface area contributed by atoms with Crippen LogP contribution in [0, 0.1) is 0 Å². The Labute approximate surface area is 115 Å². The van der Waals surface area contributed by atoms with Crippen LogP contribution in [0.3, 0.4) is 0 Å². The largest absolute Gasteiger partial charge is 0.491 e. The highest BCUT2D eigenvalue weighted by atomic mass is 16.5. The summed E-state index contributed by atoms with van der Waals surface area (Å²) in [6.45, 7) is 1.20. The van der Waals surface area contributed by atoms with Gasteiger partial charge < -0.3 is 20.5 Å². The summed E-state index contributed by atoms with van der Waals surface area (Å²) in [4.78, 5) is 0. The molecule has 0 aromatic heterocycles. The van der Waals surface area contributed by atoms with E-state index in [2.05, 4.69) is 17.4 Å². The predicted molar refractivity (Wildman–Crippen MR) is 77.7 cm³/mol. The molecule has 4 nitrogen and oxygen atoms in total. The minimum Gasteiger partial charge on any atom is -0.491 e. The Morgan fingerprint density at radius 2 is 1.79 bits per heavy atom. The maximum Gasteiger partial charge on any atom is 0.119 e. The van der Waals surface area contributed by atoms with Crippen LogP contribution in [0.25, 0.3) is 0 Å². The lowest BCUT2D eigenvalue weighted by atomic mass is 9.92. The zero-order chi connectivity index (χ0) is 13.5. The fourth-order valence-electron chi connectivity index (χ4n) is 2.39. The van der Waals surface area contributed by atoms with Gasteiger partial charge in [-0.1, -0.05) is 0 Å². The Kier molecular flexibility index (Phi) is 5.48. The van der Waals surface area contributed by atoms with Gasteiger partial charge in [-0.2, -0.15) is 0 Å². The number of anilines is 1. The number of methoxy groups -OCH3 is 1. The Morgan fingerprint density at radius 3 is 2.42 bits per heavy atom. The highest BCUT2D eigenvalue weighted by Gasteiger charge is 2.17. The van der Waals surface area contributed by atoms with Crippen molar-refractivity contribution in [2.75, 3.05) is 25.6 Å². The number of rotatable bonds is 6. The molecule has 0 radical (unpaired) electrons. The lowest BCUT2D eigenvalue weighted by Crippen LogP contribution is -2.32. The van der Waals surface area contributed by atoms with Gasteiger partial charge in [0.2, 0.25) is 0 Å². The van der Waals surface area contributed by atoms with Crippen LogP contribution >= 0.6 is 0 Å². The number of ether oxygens (including phenoxy) is 2. The molecule has 106 valence electrons. The van der Waals surface area contributed by atoms with E-state index in [0.29, 0.717) is 25.3 Å². The lowest BCUT2D eigenvalue weighted by Gasteiger charge is -2.27. The summed E-state index contributed by atoms with van der Waals surface area (Å²) in [6.07, 6.45) is 4.56. The molecule has 1 aliphatic rings. The molecule has 1 aromatic rings. The molecule has 1 saturated carbocycles. The highest BCUT2D eigenvalue weighted by Crippen LogP contribution is 2.22. The molecule has 1 aliphatic carbocycles. The number of nitrogens with two attached hydrogens (primary N) is 1. The molecule has 3 N–H and O–H groups in total. The monoisotopic (exact) mass is 264 g/mol. The Hall–Kier alpha value is -1.26. The molecule has 0 unspecified atom stereocenters. The van der Waals surface area contributed by atoms with Crippen molar-refractivity contribution in [3.63, 3.8) is 0 Å². The van der Waals surface area contributed by atoms with Crippen LogP contribution in [0.4, 0.5) is 5.69 Å². The normalized spacial score (nSPS) is 23.1. The van der Waals surface area contributed by atoms with Crippen LogP contribution in [0.15, 0.2) is 24.3 Å². The van der Waals surface area contributed by atoms with Crippen LogP contribution in [-0.4, -0.2) is 32.4 Å². The van der Waals surface area contributed by atoms with E-state index in [4.69, 9.17) is 15.2 Å². The van der Waals surface area contributed by atoms with Crippen LogP contribution in [-0.2, 0) is 4.74 Å². The molecule has 0 saturated heterocycles. The molecule has 0 spiro atoms. The first-order chi connectivity index (χ1) is 9.28. The second kappa shape index (κ2) is 7.36. The van der Waals surface area contributed by atoms with Gasteiger partial charge in [-0.05, 0) is 49.9 Å². The molecule has 0 heterocycles. The minimum atomic E-state index is 0.398. The number of hydrogen-bond acceptors (Lipinski definition) is 4. The van der Waals surface area contributed by atoms with Gasteiger partial charge in [-0.15, -0.1) is 0 Å². The molecule has 2 rings (SSSR count). The summed E-state index contributed by atoms with van der Waals surface area (Å²) in [6, 6.07) is 9.07. The van der Waals surface area contributed by atoms with E-state index in [1.165, 1.54) is 0 Å². The van der Waals surface area contributed by atoms with Gasteiger partial charge >= 0.3 is 0 Å². The van der Waals surface area contributed by atoms with E-state index in [9.17, 15) is 0 Å². The van der Waals surface area contributed by atoms with E-state index in [0.717, 1.165) is 37.1 Å². The van der Waals surface area contributed by atoms with E-state index >= 15 is 0 Å². The summed E-state index contributed by atoms with van der Waals surface area (Å²) < 4.78 is 10.5. The van der Waals surface area contributed by atoms with Gasteiger partial charge in [0.25, 0.3) is 0 Å². The maximum atomic E-state index is 5.91. The van der Waals surface area contributed by atoms with Gasteiger partial charge in [-0.25, -0.2) is 0 Å². The second-order valence-corrected chi connectivity index (χ2v) is 5.12. The number of benzene rings is 1. The molecule has 1 aromatic carbocycles. The third-order valence-corrected chi connectivity index (χ3v) is 3.55. The molecular weight excluding hydrogens is 240 g/mol. The van der Waals surface area contributed by atoms with Crippen molar-refractivity contribution < 1.29 is 9.47 Å². The molecule has 0 atom stereocenters. The number of nitrogens with one attached hydrogen (secondary N) is 1. The van der Waals surface area contributed by atoms with Crippen LogP contribution in [0.1, 0.15) is 25.7 Å². The zero-order valence-electron chi connectivity index (χ0n) is 11.6. The molecule has 0 bridgehead atoms. The van der Waals surface area contributed by atoms with Crippen molar-refractivity contribution in [1.29, 1.82) is 0 Å². The second-order valence-electron chi connectivity index (χ2n) is 5.12. The van der Waals surface area contributed by atoms with Crippen LogP contribution in [0.5, 0.6) is 5.75 Å². The molecule has 1 fully saturated rings. The maximum absolute atomic E-state index is 5.91. The molecule has 0 amide bonds. The van der Waals surface area contributed by atoms with E-state index in [1.807, 2.05) is 12.1 Å². The predicted octanol–water partition coefficient (Wildman–Crippen LogP) is 2.39. The van der Waals surface area contributed by atoms with Crippen molar-refractivity contribution in [2.24, 2.45) is 5.73 Å². The fraction of sp³-hybridized carbons (Fsp3) is 0.600. The molecular formula is C15H24N2O2. The van der Waals surface area contributed by atoms with Crippen molar-refractivity contribution >= 4 is 5.69 Å². The fourth-order valence-corrected chi connectivity index (χ4v) is 2.39. The van der Waals surface area contributed by atoms with Gasteiger partial charge in [0.1, 0.15) is 12.4 Å². The molecule has 0 aliphatic heterocycles. The van der Waals surface area contributed by atoms with Crippen molar-refractivity contribution in [3.05, 3.63) is 24.3 Å². The van der Waals surface area contributed by atoms with Gasteiger partial charge in [0, 0.05) is 24.9 Å². The SMILES string of the molecule is COCCOc1ccc(NC2CCC(N)CC2)cc1. The zero-order valence-corrected chi connectivity index (χ0v) is 11.6. The first kappa shape index (κ1) is 14.2. The topological polar surface area (TPSA) is 56.5 Å². The van der Waals surface area contributed by atoms with Crippen molar-refractivity contribution in [3.8, 4) is 5.75 Å². The third kappa shape index (κ3) is 4.73. The van der Waals surface area contributed by atoms with E-state index < -0.39 is 0 Å². The van der Waals surface area contributed by atoms with Crippen molar-refractivity contribution in [2.45, 2.75) is 37.8 Å². The summed E-state index contributed by atoms with van der Waals surface area (Å²) in [5.41, 5.74) is 7.07. The smallest absolute Gasteiger partial charge is 0.119 e. The van der Waals surface area contributed by atoms with Crippen LogP contribution in [0.2, 0.25) is 0 Å². The Bertz CT molecular complexity index is 359. The third-order valence-electron chi connectivity index (χ3n) is 3.55. The first-order valence-electron chi connectivity index (χ1n) is 7.02. The van der Waals surface area contributed by atoms with Gasteiger partial charge in [0.15, 0.2) is 0 Å². The Morgan fingerprint density at radius 1 is 1.11 bits per heavy atom. The molecule has 19 heavy (non-hydrogen) atoms. The Balaban J connectivity index is 1.78. The van der Waals surface area contributed by atoms with Gasteiger partial charge in [0.05, 0.1) is 6.61 Å². The highest BCUT2D eigenvalue weighted by molar-refractivity contribution is 5.47. The number of hydrogen-bond donors (Lipinski definition) is 2. The lowest BCUT2D eigenvalue weighted by molar-refractivity contribution is 0.146. The van der Waals surface area contributed by atoms with Crippen LogP contribution < -0.4 is 15.8 Å². The average Bonchev–Trinajstić information content (AvgIpc) is 2.44. The standard InChI is InChI=1S/C15H24N2O2/c1-18-10-11-19-15-8-6-14(7-9-15)17-13-4-2-12(16)3-5-13/h6-9,12-13,17H,2-5,10-11,16H2,1H3. The van der Waals surface area contributed by atoms with E-state index in [-0.39, 0.29) is 0 Å². The summed E-state index contributed by atoms with van der Waals surface area (Å²) >= 11 is 0. The van der Waals surface area contributed by atoms with E-state index in [1.54, 1.807) is 7.11 Å².